The standard InChI is InChI=1S/C13H12ClNO4S/c1-20(17,18)10-4-5-12(14)11(7-10)13(16)15-8-9-3-2-6-19-9/h2-7H,8H2,1H3,(H,15,16). The second-order valence-corrected chi connectivity index (χ2v) is 6.60. The van der Waals surface area contributed by atoms with Crippen LogP contribution in [-0.4, -0.2) is 20.6 Å². The highest BCUT2D eigenvalue weighted by Crippen LogP contribution is 2.20. The van der Waals surface area contributed by atoms with Crippen molar-refractivity contribution in [2.24, 2.45) is 0 Å². The van der Waals surface area contributed by atoms with Crippen LogP contribution in [0.4, 0.5) is 0 Å². The second kappa shape index (κ2) is 5.68. The molecule has 0 fully saturated rings. The molecule has 0 unspecified atom stereocenters. The van der Waals surface area contributed by atoms with Gasteiger partial charge in [-0.15, -0.1) is 0 Å². The largest absolute Gasteiger partial charge is 0.467 e. The summed E-state index contributed by atoms with van der Waals surface area (Å²) in [4.78, 5) is 12.1. The summed E-state index contributed by atoms with van der Waals surface area (Å²) in [6.07, 6.45) is 2.57. The van der Waals surface area contributed by atoms with Crippen molar-refractivity contribution in [1.82, 2.24) is 5.32 Å². The van der Waals surface area contributed by atoms with Crippen LogP contribution in [0.25, 0.3) is 0 Å². The van der Waals surface area contributed by atoms with Crippen molar-refractivity contribution in [3.63, 3.8) is 0 Å². The molecule has 1 aromatic carbocycles. The number of nitrogens with one attached hydrogen (secondary N) is 1. The van der Waals surface area contributed by atoms with E-state index in [1.165, 1.54) is 24.5 Å². The van der Waals surface area contributed by atoms with E-state index in [1.54, 1.807) is 12.1 Å². The predicted molar refractivity (Wildman–Crippen MR) is 74.4 cm³/mol. The predicted octanol–water partition coefficient (Wildman–Crippen LogP) is 2.27. The van der Waals surface area contributed by atoms with Crippen LogP contribution in [0.2, 0.25) is 5.02 Å². The van der Waals surface area contributed by atoms with Gasteiger partial charge in [0.2, 0.25) is 0 Å². The average Bonchev–Trinajstić information content (AvgIpc) is 2.88. The number of rotatable bonds is 4. The number of carbonyl (C=O) groups excluding carboxylic acids is 1. The van der Waals surface area contributed by atoms with Crippen LogP contribution in [0.5, 0.6) is 0 Å². The molecule has 0 aliphatic heterocycles. The van der Waals surface area contributed by atoms with Crippen molar-refractivity contribution in [2.75, 3.05) is 6.26 Å². The maximum Gasteiger partial charge on any atom is 0.253 e. The molecule has 1 heterocycles. The van der Waals surface area contributed by atoms with Gasteiger partial charge in [0.15, 0.2) is 9.84 Å². The first-order chi connectivity index (χ1) is 9.38. The maximum absolute atomic E-state index is 12.0. The minimum absolute atomic E-state index is 0.0463. The first-order valence-electron chi connectivity index (χ1n) is 5.68. The number of halogens is 1. The van der Waals surface area contributed by atoms with E-state index in [-0.39, 0.29) is 22.0 Å². The molecule has 1 aromatic heterocycles. The lowest BCUT2D eigenvalue weighted by Gasteiger charge is -2.07. The molecule has 0 saturated carbocycles. The summed E-state index contributed by atoms with van der Waals surface area (Å²) >= 11 is 5.92. The molecule has 0 bridgehead atoms. The zero-order valence-electron chi connectivity index (χ0n) is 10.6. The lowest BCUT2D eigenvalue weighted by Crippen LogP contribution is -2.23. The second-order valence-electron chi connectivity index (χ2n) is 4.18. The van der Waals surface area contributed by atoms with Gasteiger partial charge in [-0.25, -0.2) is 8.42 Å². The van der Waals surface area contributed by atoms with Crippen molar-refractivity contribution < 1.29 is 17.6 Å². The lowest BCUT2D eigenvalue weighted by atomic mass is 10.2. The molecule has 1 amide bonds. The van der Waals surface area contributed by atoms with E-state index in [1.807, 2.05) is 0 Å². The third kappa shape index (κ3) is 3.40. The Balaban J connectivity index is 2.21. The number of sulfone groups is 1. The Bertz CT molecular complexity index is 723. The molecule has 0 saturated heterocycles. The number of benzene rings is 1. The quantitative estimate of drug-likeness (QED) is 0.939. The number of furan rings is 1. The van der Waals surface area contributed by atoms with Gasteiger partial charge in [0.05, 0.1) is 28.3 Å². The first-order valence-corrected chi connectivity index (χ1v) is 7.95. The van der Waals surface area contributed by atoms with E-state index in [0.29, 0.717) is 5.76 Å². The van der Waals surface area contributed by atoms with Crippen LogP contribution < -0.4 is 5.32 Å². The van der Waals surface area contributed by atoms with E-state index < -0.39 is 15.7 Å². The highest BCUT2D eigenvalue weighted by Gasteiger charge is 2.15. The third-order valence-electron chi connectivity index (χ3n) is 2.61. The van der Waals surface area contributed by atoms with Crippen molar-refractivity contribution in [1.29, 1.82) is 0 Å². The van der Waals surface area contributed by atoms with Crippen molar-refractivity contribution >= 4 is 27.3 Å². The Hall–Kier alpha value is -1.79. The Kier molecular flexibility index (Phi) is 4.15. The molecule has 2 aromatic rings. The van der Waals surface area contributed by atoms with Gasteiger partial charge < -0.3 is 9.73 Å². The van der Waals surface area contributed by atoms with Crippen molar-refractivity contribution in [3.8, 4) is 0 Å². The Morgan fingerprint density at radius 1 is 1.35 bits per heavy atom. The van der Waals surface area contributed by atoms with Gasteiger partial charge in [-0.05, 0) is 30.3 Å². The molecular formula is C13H12ClNO4S. The number of hydrogen-bond acceptors (Lipinski definition) is 4. The Morgan fingerprint density at radius 2 is 2.10 bits per heavy atom. The summed E-state index contributed by atoms with van der Waals surface area (Å²) in [6, 6.07) is 7.43. The van der Waals surface area contributed by atoms with E-state index in [9.17, 15) is 13.2 Å². The van der Waals surface area contributed by atoms with E-state index in [0.717, 1.165) is 6.26 Å². The monoisotopic (exact) mass is 313 g/mol. The summed E-state index contributed by atoms with van der Waals surface area (Å²) in [6.45, 7) is 0.200. The van der Waals surface area contributed by atoms with E-state index in [2.05, 4.69) is 5.32 Å². The van der Waals surface area contributed by atoms with Crippen LogP contribution in [0.1, 0.15) is 16.1 Å². The van der Waals surface area contributed by atoms with Gasteiger partial charge in [0, 0.05) is 6.26 Å². The fraction of sp³-hybridized carbons (Fsp3) is 0.154. The number of amides is 1. The summed E-state index contributed by atoms with van der Waals surface area (Å²) in [5, 5.41) is 2.80. The Labute approximate surface area is 121 Å². The molecule has 0 aliphatic rings. The maximum atomic E-state index is 12.0. The van der Waals surface area contributed by atoms with Crippen molar-refractivity contribution in [3.05, 3.63) is 52.9 Å². The molecular weight excluding hydrogens is 302 g/mol. The average molecular weight is 314 g/mol. The fourth-order valence-corrected chi connectivity index (χ4v) is 2.44. The van der Waals surface area contributed by atoms with Gasteiger partial charge in [-0.3, -0.25) is 4.79 Å². The fourth-order valence-electron chi connectivity index (χ4n) is 1.58. The van der Waals surface area contributed by atoms with Crippen LogP contribution in [0, 0.1) is 0 Å². The smallest absolute Gasteiger partial charge is 0.253 e. The highest BCUT2D eigenvalue weighted by molar-refractivity contribution is 7.90. The summed E-state index contributed by atoms with van der Waals surface area (Å²) < 4.78 is 28.0. The Morgan fingerprint density at radius 3 is 2.70 bits per heavy atom. The molecule has 106 valence electrons. The molecule has 0 atom stereocenters. The van der Waals surface area contributed by atoms with Gasteiger partial charge in [-0.1, -0.05) is 11.6 Å². The highest BCUT2D eigenvalue weighted by atomic mass is 35.5. The van der Waals surface area contributed by atoms with E-state index in [4.69, 9.17) is 16.0 Å². The lowest BCUT2D eigenvalue weighted by molar-refractivity contribution is 0.0948. The number of carbonyl (C=O) groups is 1. The zero-order valence-corrected chi connectivity index (χ0v) is 12.2. The first kappa shape index (κ1) is 14.6. The van der Waals surface area contributed by atoms with E-state index >= 15 is 0 Å². The summed E-state index contributed by atoms with van der Waals surface area (Å²) in [5.41, 5.74) is 0.112. The molecule has 0 aliphatic carbocycles. The summed E-state index contributed by atoms with van der Waals surface area (Å²) in [5.74, 6) is 0.130. The third-order valence-corrected chi connectivity index (χ3v) is 4.05. The summed E-state index contributed by atoms with van der Waals surface area (Å²) in [7, 11) is -3.39. The van der Waals surface area contributed by atoms with Crippen LogP contribution >= 0.6 is 11.6 Å². The van der Waals surface area contributed by atoms with Crippen molar-refractivity contribution in [2.45, 2.75) is 11.4 Å². The normalized spacial score (nSPS) is 11.3. The minimum atomic E-state index is -3.39. The number of hydrogen-bond donors (Lipinski definition) is 1. The molecule has 2 rings (SSSR count). The van der Waals surface area contributed by atoms with Gasteiger partial charge >= 0.3 is 0 Å². The van der Waals surface area contributed by atoms with Gasteiger partial charge in [-0.2, -0.15) is 0 Å². The molecule has 0 radical (unpaired) electrons. The molecule has 5 nitrogen and oxygen atoms in total. The topological polar surface area (TPSA) is 76.4 Å². The molecule has 20 heavy (non-hydrogen) atoms. The molecule has 0 spiro atoms. The zero-order chi connectivity index (χ0) is 14.8. The van der Waals surface area contributed by atoms with Gasteiger partial charge in [0.25, 0.3) is 5.91 Å². The van der Waals surface area contributed by atoms with Crippen LogP contribution in [0.3, 0.4) is 0 Å². The van der Waals surface area contributed by atoms with Crippen LogP contribution in [-0.2, 0) is 16.4 Å². The van der Waals surface area contributed by atoms with Crippen LogP contribution in [0.15, 0.2) is 45.9 Å². The van der Waals surface area contributed by atoms with Gasteiger partial charge in [0.1, 0.15) is 5.76 Å². The molecule has 1 N–H and O–H groups in total. The SMILES string of the molecule is CS(=O)(=O)c1ccc(Cl)c(C(=O)NCc2ccco2)c1. The minimum Gasteiger partial charge on any atom is -0.467 e. The molecule has 7 heteroatoms.